The first kappa shape index (κ1) is 12.4. The van der Waals surface area contributed by atoms with Crippen molar-refractivity contribution >= 4 is 23.0 Å². The number of carbonyl (C=O) groups is 2. The van der Waals surface area contributed by atoms with Crippen LogP contribution in [0.5, 0.6) is 0 Å². The summed E-state index contributed by atoms with van der Waals surface area (Å²) in [5.74, 6) is -0.952. The van der Waals surface area contributed by atoms with E-state index in [-0.39, 0.29) is 18.2 Å². The van der Waals surface area contributed by atoms with Crippen molar-refractivity contribution in [3.8, 4) is 0 Å². The van der Waals surface area contributed by atoms with Gasteiger partial charge in [0.15, 0.2) is 5.58 Å². The van der Waals surface area contributed by atoms with Crippen molar-refractivity contribution < 1.29 is 18.7 Å². The molecule has 2 heterocycles. The molecule has 0 radical (unpaired) electrons. The van der Waals surface area contributed by atoms with Gasteiger partial charge in [-0.3, -0.25) is 9.36 Å². The van der Waals surface area contributed by atoms with Crippen LogP contribution in [0, 0.1) is 0 Å². The third-order valence-electron chi connectivity index (χ3n) is 2.52. The van der Waals surface area contributed by atoms with E-state index in [9.17, 15) is 9.59 Å². The van der Waals surface area contributed by atoms with Crippen LogP contribution in [0.25, 0.3) is 11.1 Å². The minimum atomic E-state index is -0.719. The molecule has 0 aromatic carbocycles. The average Bonchev–Trinajstić information content (AvgIpc) is 2.87. The number of nitrogens with two attached hydrogens (primary N) is 1. The minimum Gasteiger partial charge on any atom is -0.463 e. The summed E-state index contributed by atoms with van der Waals surface area (Å²) in [6, 6.07) is 2.37. The Morgan fingerprint density at radius 1 is 1.56 bits per heavy atom. The zero-order valence-corrected chi connectivity index (χ0v) is 10.2. The van der Waals surface area contributed by atoms with Gasteiger partial charge in [0.2, 0.25) is 5.91 Å². The van der Waals surface area contributed by atoms with Crippen molar-refractivity contribution in [2.24, 2.45) is 5.73 Å². The number of rotatable bonds is 3. The fraction of sp³-hybridized carbons (Fsp3) is 0.333. The molecule has 0 amide bonds. The van der Waals surface area contributed by atoms with E-state index in [2.05, 4.69) is 0 Å². The third kappa shape index (κ3) is 1.91. The Morgan fingerprint density at radius 3 is 2.89 bits per heavy atom. The Balaban J connectivity index is 2.58. The molecule has 0 spiro atoms. The summed E-state index contributed by atoms with van der Waals surface area (Å²) in [6.07, 6.45) is 1.45. The number of hydrogen-bond donors (Lipinski definition) is 1. The normalized spacial score (nSPS) is 12.6. The van der Waals surface area contributed by atoms with E-state index < -0.39 is 12.0 Å². The molecule has 96 valence electrons. The average molecular weight is 250 g/mol. The highest BCUT2D eigenvalue weighted by Crippen LogP contribution is 2.22. The van der Waals surface area contributed by atoms with Gasteiger partial charge in [0.25, 0.3) is 0 Å². The molecule has 0 aliphatic rings. The van der Waals surface area contributed by atoms with Gasteiger partial charge in [0.05, 0.1) is 24.4 Å². The van der Waals surface area contributed by atoms with Crippen molar-refractivity contribution in [2.75, 3.05) is 6.61 Å². The molecule has 1 atom stereocenters. The van der Waals surface area contributed by atoms with Crippen LogP contribution >= 0.6 is 0 Å². The first-order chi connectivity index (χ1) is 8.56. The molecular weight excluding hydrogens is 236 g/mol. The van der Waals surface area contributed by atoms with Gasteiger partial charge in [0, 0.05) is 12.1 Å². The number of fused-ring (bicyclic) bond motifs is 1. The molecule has 0 aliphatic carbocycles. The van der Waals surface area contributed by atoms with Crippen LogP contribution in [0.2, 0.25) is 0 Å². The van der Waals surface area contributed by atoms with Crippen molar-refractivity contribution in [3.63, 3.8) is 0 Å². The highest BCUT2D eigenvalue weighted by molar-refractivity contribution is 6.02. The van der Waals surface area contributed by atoms with Crippen LogP contribution in [0.3, 0.4) is 0 Å². The standard InChI is InChI=1S/C12H14N2O4/c1-3-17-12(16)9-6-10-8(4-5-18-10)14(9)11(15)7(2)13/h4-7H,3,13H2,1-2H3. The minimum absolute atomic E-state index is 0.133. The number of nitrogens with zero attached hydrogens (tertiary/aromatic N) is 1. The van der Waals surface area contributed by atoms with Crippen LogP contribution in [0.4, 0.5) is 0 Å². The number of aromatic nitrogens is 1. The summed E-state index contributed by atoms with van der Waals surface area (Å²) in [5, 5.41) is 0. The van der Waals surface area contributed by atoms with Gasteiger partial charge < -0.3 is 14.9 Å². The van der Waals surface area contributed by atoms with Gasteiger partial charge in [-0.2, -0.15) is 0 Å². The van der Waals surface area contributed by atoms with Gasteiger partial charge in [0.1, 0.15) is 5.69 Å². The highest BCUT2D eigenvalue weighted by Gasteiger charge is 2.24. The lowest BCUT2D eigenvalue weighted by Crippen LogP contribution is -2.33. The molecule has 2 rings (SSSR count). The first-order valence-corrected chi connectivity index (χ1v) is 5.62. The van der Waals surface area contributed by atoms with Gasteiger partial charge in [-0.15, -0.1) is 0 Å². The molecule has 0 saturated heterocycles. The molecule has 18 heavy (non-hydrogen) atoms. The summed E-state index contributed by atoms with van der Waals surface area (Å²) >= 11 is 0. The lowest BCUT2D eigenvalue weighted by atomic mass is 10.3. The Labute approximate surface area is 103 Å². The van der Waals surface area contributed by atoms with E-state index in [0.29, 0.717) is 11.1 Å². The monoisotopic (exact) mass is 250 g/mol. The van der Waals surface area contributed by atoms with E-state index in [1.165, 1.54) is 16.9 Å². The summed E-state index contributed by atoms with van der Waals surface area (Å²) in [7, 11) is 0. The smallest absolute Gasteiger partial charge is 0.355 e. The van der Waals surface area contributed by atoms with E-state index >= 15 is 0 Å². The van der Waals surface area contributed by atoms with Crippen molar-refractivity contribution in [2.45, 2.75) is 19.9 Å². The molecule has 2 aromatic rings. The van der Waals surface area contributed by atoms with Crippen molar-refractivity contribution in [1.29, 1.82) is 0 Å². The van der Waals surface area contributed by atoms with Gasteiger partial charge in [-0.05, 0) is 13.8 Å². The van der Waals surface area contributed by atoms with Crippen LogP contribution < -0.4 is 5.73 Å². The lowest BCUT2D eigenvalue weighted by Gasteiger charge is -2.09. The Bertz CT molecular complexity index is 594. The number of hydrogen-bond acceptors (Lipinski definition) is 5. The predicted molar refractivity (Wildman–Crippen MR) is 64.4 cm³/mol. The maximum Gasteiger partial charge on any atom is 0.355 e. The molecule has 0 aliphatic heterocycles. The van der Waals surface area contributed by atoms with Gasteiger partial charge in [-0.1, -0.05) is 0 Å². The summed E-state index contributed by atoms with van der Waals surface area (Å²) in [6.45, 7) is 3.49. The van der Waals surface area contributed by atoms with Crippen LogP contribution in [0.1, 0.15) is 29.1 Å². The van der Waals surface area contributed by atoms with E-state index in [1.54, 1.807) is 19.9 Å². The molecule has 0 fully saturated rings. The molecule has 6 heteroatoms. The second kappa shape index (κ2) is 4.66. The number of esters is 1. The van der Waals surface area contributed by atoms with Gasteiger partial charge >= 0.3 is 5.97 Å². The molecule has 6 nitrogen and oxygen atoms in total. The van der Waals surface area contributed by atoms with E-state index in [4.69, 9.17) is 14.9 Å². The number of furan rings is 1. The SMILES string of the molecule is CCOC(=O)c1cc2occc2n1C(=O)C(C)N. The van der Waals surface area contributed by atoms with Gasteiger partial charge in [-0.25, -0.2) is 4.79 Å². The largest absolute Gasteiger partial charge is 0.463 e. The summed E-state index contributed by atoms with van der Waals surface area (Å²) < 4.78 is 11.3. The molecule has 2 aromatic heterocycles. The molecule has 1 unspecified atom stereocenters. The van der Waals surface area contributed by atoms with E-state index in [1.807, 2.05) is 0 Å². The van der Waals surface area contributed by atoms with Crippen LogP contribution in [-0.2, 0) is 4.74 Å². The van der Waals surface area contributed by atoms with Crippen LogP contribution in [-0.4, -0.2) is 29.1 Å². The second-order valence-corrected chi connectivity index (χ2v) is 3.88. The molecular formula is C12H14N2O4. The quantitative estimate of drug-likeness (QED) is 0.832. The fourth-order valence-electron chi connectivity index (χ4n) is 1.72. The fourth-order valence-corrected chi connectivity index (χ4v) is 1.72. The summed E-state index contributed by atoms with van der Waals surface area (Å²) in [4.78, 5) is 23.8. The predicted octanol–water partition coefficient (Wildman–Crippen LogP) is 1.40. The maximum absolute atomic E-state index is 12.0. The lowest BCUT2D eigenvalue weighted by molar-refractivity contribution is 0.0508. The van der Waals surface area contributed by atoms with E-state index in [0.717, 1.165) is 0 Å². The number of ether oxygens (including phenoxy) is 1. The maximum atomic E-state index is 12.0. The Morgan fingerprint density at radius 2 is 2.28 bits per heavy atom. The molecule has 2 N–H and O–H groups in total. The first-order valence-electron chi connectivity index (χ1n) is 5.62. The number of carbonyl (C=O) groups excluding carboxylic acids is 2. The van der Waals surface area contributed by atoms with Crippen molar-refractivity contribution in [3.05, 3.63) is 24.1 Å². The second-order valence-electron chi connectivity index (χ2n) is 3.88. The zero-order chi connectivity index (χ0) is 13.3. The topological polar surface area (TPSA) is 87.5 Å². The molecule has 0 saturated carbocycles. The summed E-state index contributed by atoms with van der Waals surface area (Å²) in [5.41, 5.74) is 6.67. The Kier molecular flexibility index (Phi) is 3.20. The Hall–Kier alpha value is -2.08. The third-order valence-corrected chi connectivity index (χ3v) is 2.52. The highest BCUT2D eigenvalue weighted by atomic mass is 16.5. The molecule has 0 bridgehead atoms. The zero-order valence-electron chi connectivity index (χ0n) is 10.2. The van der Waals surface area contributed by atoms with Crippen molar-refractivity contribution in [1.82, 2.24) is 4.57 Å². The van der Waals surface area contributed by atoms with Crippen LogP contribution in [0.15, 0.2) is 22.8 Å².